The summed E-state index contributed by atoms with van der Waals surface area (Å²) in [5.41, 5.74) is 2.88. The van der Waals surface area contributed by atoms with Crippen molar-refractivity contribution in [3.8, 4) is 23.3 Å². The number of nitrogens with one attached hydrogen (secondary N) is 1. The first-order valence-corrected chi connectivity index (χ1v) is 9.56. The van der Waals surface area contributed by atoms with Gasteiger partial charge in [0.1, 0.15) is 30.6 Å². The Balaban J connectivity index is 0.00000193. The van der Waals surface area contributed by atoms with Crippen LogP contribution in [-0.2, 0) is 6.61 Å². The first-order valence-electron chi connectivity index (χ1n) is 9.56. The first kappa shape index (κ1) is 25.5. The summed E-state index contributed by atoms with van der Waals surface area (Å²) in [4.78, 5) is 8.66. The van der Waals surface area contributed by atoms with Gasteiger partial charge in [0.05, 0.1) is 25.3 Å². The Labute approximate surface area is 204 Å². The zero-order valence-corrected chi connectivity index (χ0v) is 19.6. The van der Waals surface area contributed by atoms with Crippen molar-refractivity contribution in [1.82, 2.24) is 9.97 Å². The number of rotatable bonds is 7. The second-order valence-electron chi connectivity index (χ2n) is 6.67. The van der Waals surface area contributed by atoms with Gasteiger partial charge < -0.3 is 19.5 Å². The normalized spacial score (nSPS) is 9.73. The Kier molecular flexibility index (Phi) is 9.10. The molecule has 0 aliphatic heterocycles. The van der Waals surface area contributed by atoms with Gasteiger partial charge in [-0.3, -0.25) is 0 Å². The molecule has 9 heteroatoms. The molecule has 0 amide bonds. The minimum Gasteiger partial charge on any atom is -0.493 e. The van der Waals surface area contributed by atoms with Crippen molar-refractivity contribution in [2.45, 2.75) is 6.61 Å². The Morgan fingerprint density at radius 1 is 0.879 bits per heavy atom. The zero-order chi connectivity index (χ0) is 21.6. The molecule has 0 bridgehead atoms. The molecule has 0 fully saturated rings. The fourth-order valence-electron chi connectivity index (χ4n) is 3.18. The second-order valence-corrected chi connectivity index (χ2v) is 6.67. The van der Waals surface area contributed by atoms with Crippen LogP contribution in [0.25, 0.3) is 10.9 Å². The smallest absolute Gasteiger partial charge is 0.162 e. The lowest BCUT2D eigenvalue weighted by molar-refractivity contribution is 0.305. The average molecular weight is 485 g/mol. The number of halogens is 2. The largest absolute Gasteiger partial charge is 0.493 e. The van der Waals surface area contributed by atoms with Gasteiger partial charge in [-0.1, -0.05) is 30.3 Å². The maximum absolute atomic E-state index is 9.59. The van der Waals surface area contributed by atoms with Gasteiger partial charge in [-0.15, -0.1) is 24.8 Å². The zero-order valence-electron chi connectivity index (χ0n) is 17.9. The van der Waals surface area contributed by atoms with Gasteiger partial charge in [0, 0.05) is 17.1 Å². The maximum Gasteiger partial charge on any atom is 0.162 e. The molecule has 4 aromatic rings. The molecule has 0 saturated heterocycles. The van der Waals surface area contributed by atoms with E-state index < -0.39 is 0 Å². The number of hydrogen-bond donors (Lipinski definition) is 1. The Morgan fingerprint density at radius 2 is 1.61 bits per heavy atom. The molecule has 1 N–H and O–H groups in total. The van der Waals surface area contributed by atoms with Gasteiger partial charge >= 0.3 is 0 Å². The van der Waals surface area contributed by atoms with E-state index in [1.807, 2.05) is 42.5 Å². The number of nitrogens with zero attached hydrogens (tertiary/aromatic N) is 3. The minimum atomic E-state index is 0. The van der Waals surface area contributed by atoms with E-state index in [1.165, 1.54) is 6.33 Å². The maximum atomic E-state index is 9.59. The Morgan fingerprint density at radius 3 is 2.30 bits per heavy atom. The van der Waals surface area contributed by atoms with Crippen LogP contribution in [0.15, 0.2) is 67.0 Å². The summed E-state index contributed by atoms with van der Waals surface area (Å²) in [5.74, 6) is 2.28. The molecule has 4 rings (SSSR count). The van der Waals surface area contributed by atoms with Crippen LogP contribution in [0.3, 0.4) is 0 Å². The van der Waals surface area contributed by atoms with Crippen LogP contribution in [-0.4, -0.2) is 24.2 Å². The van der Waals surface area contributed by atoms with Gasteiger partial charge in [0.25, 0.3) is 0 Å². The summed E-state index contributed by atoms with van der Waals surface area (Å²) >= 11 is 0. The van der Waals surface area contributed by atoms with E-state index >= 15 is 0 Å². The number of fused-ring (bicyclic) bond motifs is 1. The highest BCUT2D eigenvalue weighted by Gasteiger charge is 2.12. The van der Waals surface area contributed by atoms with Crippen molar-refractivity contribution in [2.75, 3.05) is 19.5 Å². The molecular weight excluding hydrogens is 463 g/mol. The first-order chi connectivity index (χ1) is 15.2. The molecule has 0 aliphatic rings. The molecule has 170 valence electrons. The summed E-state index contributed by atoms with van der Waals surface area (Å²) in [7, 11) is 3.16. The highest BCUT2D eigenvalue weighted by atomic mass is 35.5. The van der Waals surface area contributed by atoms with Gasteiger partial charge in [-0.25, -0.2) is 9.97 Å². The van der Waals surface area contributed by atoms with Crippen LogP contribution in [0.2, 0.25) is 0 Å². The number of benzene rings is 3. The Hall–Kier alpha value is -3.73. The molecule has 7 nitrogen and oxygen atoms in total. The van der Waals surface area contributed by atoms with Crippen LogP contribution in [0, 0.1) is 11.3 Å². The van der Waals surface area contributed by atoms with Gasteiger partial charge in [-0.05, 0) is 29.8 Å². The number of methoxy groups -OCH3 is 2. The average Bonchev–Trinajstić information content (AvgIpc) is 2.83. The third-order valence-corrected chi connectivity index (χ3v) is 4.74. The predicted molar refractivity (Wildman–Crippen MR) is 132 cm³/mol. The lowest BCUT2D eigenvalue weighted by Gasteiger charge is -2.13. The standard InChI is InChI=1S/C24H20N4O3.2ClH/c1-29-22-11-19-20(12-23(22)30-2)26-15-27-24(19)28-18-8-9-21(17(10-18)13-25)31-14-16-6-4-3-5-7-16;;/h3-12,15H,14H2,1-2H3,(H,26,27,28);2*1H. The van der Waals surface area contributed by atoms with Crippen molar-refractivity contribution in [1.29, 1.82) is 5.26 Å². The summed E-state index contributed by atoms with van der Waals surface area (Å²) in [5, 5.41) is 13.6. The SMILES string of the molecule is COc1cc2ncnc(Nc3ccc(OCc4ccccc4)c(C#N)c3)c2cc1OC.Cl.Cl. The minimum absolute atomic E-state index is 0. The van der Waals surface area contributed by atoms with E-state index in [-0.39, 0.29) is 24.8 Å². The van der Waals surface area contributed by atoms with E-state index in [1.54, 1.807) is 32.4 Å². The van der Waals surface area contributed by atoms with Crippen molar-refractivity contribution >= 4 is 47.2 Å². The van der Waals surface area contributed by atoms with Crippen molar-refractivity contribution in [3.05, 3.63) is 78.1 Å². The monoisotopic (exact) mass is 484 g/mol. The summed E-state index contributed by atoms with van der Waals surface area (Å²) in [6.45, 7) is 0.389. The van der Waals surface area contributed by atoms with Crippen LogP contribution in [0.4, 0.5) is 11.5 Å². The lowest BCUT2D eigenvalue weighted by atomic mass is 10.1. The van der Waals surface area contributed by atoms with Crippen molar-refractivity contribution < 1.29 is 14.2 Å². The van der Waals surface area contributed by atoms with E-state index in [9.17, 15) is 5.26 Å². The van der Waals surface area contributed by atoms with Gasteiger partial charge in [-0.2, -0.15) is 5.26 Å². The van der Waals surface area contributed by atoms with E-state index in [0.717, 1.165) is 10.9 Å². The molecule has 1 heterocycles. The number of anilines is 2. The topological polar surface area (TPSA) is 89.3 Å². The van der Waals surface area contributed by atoms with Gasteiger partial charge in [0.15, 0.2) is 11.5 Å². The Bertz CT molecular complexity index is 1260. The fraction of sp³-hybridized carbons (Fsp3) is 0.125. The molecule has 33 heavy (non-hydrogen) atoms. The third-order valence-electron chi connectivity index (χ3n) is 4.74. The molecule has 3 aromatic carbocycles. The predicted octanol–water partition coefficient (Wildman–Crippen LogP) is 5.68. The highest BCUT2D eigenvalue weighted by Crippen LogP contribution is 2.35. The molecule has 0 radical (unpaired) electrons. The van der Waals surface area contributed by atoms with Crippen molar-refractivity contribution in [3.63, 3.8) is 0 Å². The number of aromatic nitrogens is 2. The second kappa shape index (κ2) is 11.8. The van der Waals surface area contributed by atoms with Crippen LogP contribution in [0.5, 0.6) is 17.2 Å². The molecule has 0 atom stereocenters. The molecule has 0 spiro atoms. The van der Waals surface area contributed by atoms with Crippen LogP contribution >= 0.6 is 24.8 Å². The highest BCUT2D eigenvalue weighted by molar-refractivity contribution is 5.93. The summed E-state index contributed by atoms with van der Waals surface area (Å²) in [6.07, 6.45) is 1.47. The van der Waals surface area contributed by atoms with E-state index in [4.69, 9.17) is 14.2 Å². The third kappa shape index (κ3) is 5.75. The van der Waals surface area contributed by atoms with Crippen molar-refractivity contribution in [2.24, 2.45) is 0 Å². The summed E-state index contributed by atoms with van der Waals surface area (Å²) in [6, 6.07) is 21.0. The number of nitriles is 1. The molecule has 0 aliphatic carbocycles. The lowest BCUT2D eigenvalue weighted by Crippen LogP contribution is -2.00. The number of ether oxygens (including phenoxy) is 3. The molecule has 0 unspecified atom stereocenters. The van der Waals surface area contributed by atoms with E-state index in [0.29, 0.717) is 46.4 Å². The van der Waals surface area contributed by atoms with Gasteiger partial charge in [0.2, 0.25) is 0 Å². The summed E-state index contributed by atoms with van der Waals surface area (Å²) < 4.78 is 16.6. The molecule has 1 aromatic heterocycles. The molecular formula is C24H22Cl2N4O3. The fourth-order valence-corrected chi connectivity index (χ4v) is 3.18. The van der Waals surface area contributed by atoms with Crippen LogP contribution in [0.1, 0.15) is 11.1 Å². The molecule has 0 saturated carbocycles. The van der Waals surface area contributed by atoms with E-state index in [2.05, 4.69) is 21.4 Å². The van der Waals surface area contributed by atoms with Crippen LogP contribution < -0.4 is 19.5 Å². The quantitative estimate of drug-likeness (QED) is 0.360. The number of hydrogen-bond acceptors (Lipinski definition) is 7.